The summed E-state index contributed by atoms with van der Waals surface area (Å²) < 4.78 is 5.07. The van der Waals surface area contributed by atoms with Crippen LogP contribution in [0.15, 0.2) is 0 Å². The molecule has 1 amide bonds. The maximum Gasteiger partial charge on any atom is 0.409 e. The summed E-state index contributed by atoms with van der Waals surface area (Å²) in [5.74, 6) is 0. The highest BCUT2D eigenvalue weighted by Crippen LogP contribution is 2.03. The number of carbonyl (C=O) groups excluding carboxylic acids is 1. The quantitative estimate of drug-likeness (QED) is 0.685. The summed E-state index contributed by atoms with van der Waals surface area (Å²) in [4.78, 5) is 15.6. The van der Waals surface area contributed by atoms with Crippen LogP contribution in [0.1, 0.15) is 20.3 Å². The Kier molecular flexibility index (Phi) is 4.73. The Hall–Kier alpha value is -0.770. The predicted molar refractivity (Wildman–Crippen MR) is 55.3 cm³/mol. The molecule has 0 atom stereocenters. The fourth-order valence-corrected chi connectivity index (χ4v) is 1.53. The third-order valence-corrected chi connectivity index (χ3v) is 2.51. The number of likely N-dealkylation sites (N-methyl/N-ethyl adjacent to an activating group) is 1. The van der Waals surface area contributed by atoms with Crippen LogP contribution in [-0.4, -0.2) is 55.2 Å². The van der Waals surface area contributed by atoms with Crippen molar-refractivity contribution in [3.63, 3.8) is 0 Å². The molecule has 0 spiro atoms. The molecule has 1 heterocycles. The van der Waals surface area contributed by atoms with Gasteiger partial charge in [0.1, 0.15) is 0 Å². The highest BCUT2D eigenvalue weighted by molar-refractivity contribution is 5.67. The second-order valence-corrected chi connectivity index (χ2v) is 3.54. The molecule has 0 aliphatic carbocycles. The van der Waals surface area contributed by atoms with Gasteiger partial charge in [0.05, 0.1) is 6.61 Å². The number of hydrogen-bond donors (Lipinski definition) is 0. The Labute approximate surface area is 85.8 Å². The number of ether oxygens (including phenoxy) is 1. The van der Waals surface area contributed by atoms with Crippen LogP contribution in [-0.2, 0) is 4.74 Å². The third-order valence-electron chi connectivity index (χ3n) is 2.51. The van der Waals surface area contributed by atoms with E-state index in [0.717, 1.165) is 39.1 Å². The molecule has 4 nitrogen and oxygen atoms in total. The molecule has 1 saturated heterocycles. The zero-order valence-corrected chi connectivity index (χ0v) is 9.16. The molecule has 1 aliphatic heterocycles. The standard InChI is InChI=1S/C10H20N2O2/c1-3-9-14-10(13)12-7-5-11(4-2)6-8-12/h3-9H2,1-2H3. The van der Waals surface area contributed by atoms with E-state index in [4.69, 9.17) is 4.74 Å². The van der Waals surface area contributed by atoms with Crippen molar-refractivity contribution in [3.05, 3.63) is 0 Å². The van der Waals surface area contributed by atoms with Crippen LogP contribution in [0.3, 0.4) is 0 Å². The second-order valence-electron chi connectivity index (χ2n) is 3.54. The molecule has 0 radical (unpaired) electrons. The van der Waals surface area contributed by atoms with Gasteiger partial charge in [-0.1, -0.05) is 13.8 Å². The van der Waals surface area contributed by atoms with Crippen molar-refractivity contribution in [2.45, 2.75) is 20.3 Å². The van der Waals surface area contributed by atoms with E-state index < -0.39 is 0 Å². The van der Waals surface area contributed by atoms with Crippen LogP contribution < -0.4 is 0 Å². The van der Waals surface area contributed by atoms with Crippen LogP contribution >= 0.6 is 0 Å². The lowest BCUT2D eigenvalue weighted by molar-refractivity contribution is 0.0776. The summed E-state index contributed by atoms with van der Waals surface area (Å²) in [6.45, 7) is 9.29. The number of nitrogens with zero attached hydrogens (tertiary/aromatic N) is 2. The Balaban J connectivity index is 2.23. The van der Waals surface area contributed by atoms with E-state index in [-0.39, 0.29) is 6.09 Å². The lowest BCUT2D eigenvalue weighted by atomic mass is 10.3. The van der Waals surface area contributed by atoms with Crippen molar-refractivity contribution in [2.75, 3.05) is 39.3 Å². The first-order valence-electron chi connectivity index (χ1n) is 5.42. The van der Waals surface area contributed by atoms with Crippen molar-refractivity contribution in [2.24, 2.45) is 0 Å². The molecule has 0 aromatic carbocycles. The summed E-state index contributed by atoms with van der Waals surface area (Å²) in [6, 6.07) is 0. The van der Waals surface area contributed by atoms with Crippen LogP contribution in [0, 0.1) is 0 Å². The largest absolute Gasteiger partial charge is 0.449 e. The van der Waals surface area contributed by atoms with E-state index in [9.17, 15) is 4.79 Å². The molecule has 82 valence electrons. The number of hydrogen-bond acceptors (Lipinski definition) is 3. The van der Waals surface area contributed by atoms with Crippen molar-refractivity contribution in [3.8, 4) is 0 Å². The third kappa shape index (κ3) is 3.18. The SMILES string of the molecule is CCCOC(=O)N1CCN(CC)CC1. The van der Waals surface area contributed by atoms with Crippen LogP contribution in [0.25, 0.3) is 0 Å². The van der Waals surface area contributed by atoms with Gasteiger partial charge >= 0.3 is 6.09 Å². The van der Waals surface area contributed by atoms with E-state index >= 15 is 0 Å². The van der Waals surface area contributed by atoms with Crippen molar-refractivity contribution < 1.29 is 9.53 Å². The number of amides is 1. The van der Waals surface area contributed by atoms with Gasteiger partial charge in [0.25, 0.3) is 0 Å². The van der Waals surface area contributed by atoms with Gasteiger partial charge in [-0.25, -0.2) is 4.79 Å². The van der Waals surface area contributed by atoms with Crippen LogP contribution in [0.4, 0.5) is 4.79 Å². The Morgan fingerprint density at radius 1 is 1.21 bits per heavy atom. The van der Waals surface area contributed by atoms with Gasteiger partial charge in [0.15, 0.2) is 0 Å². The molecule has 0 saturated carbocycles. The molecule has 0 unspecified atom stereocenters. The monoisotopic (exact) mass is 200 g/mol. The fraction of sp³-hybridized carbons (Fsp3) is 0.900. The molecule has 0 aromatic heterocycles. The van der Waals surface area contributed by atoms with Gasteiger partial charge in [0.2, 0.25) is 0 Å². The molecule has 1 aliphatic rings. The highest BCUT2D eigenvalue weighted by atomic mass is 16.6. The number of piperazine rings is 1. The summed E-state index contributed by atoms with van der Waals surface area (Å²) in [6.07, 6.45) is 0.739. The minimum atomic E-state index is -0.150. The molecule has 0 N–H and O–H groups in total. The van der Waals surface area contributed by atoms with Crippen molar-refractivity contribution in [1.29, 1.82) is 0 Å². The van der Waals surface area contributed by atoms with E-state index in [2.05, 4.69) is 11.8 Å². The van der Waals surface area contributed by atoms with E-state index in [0.29, 0.717) is 6.61 Å². The highest BCUT2D eigenvalue weighted by Gasteiger charge is 2.20. The van der Waals surface area contributed by atoms with Gasteiger partial charge in [-0.3, -0.25) is 0 Å². The van der Waals surface area contributed by atoms with E-state index in [1.807, 2.05) is 6.92 Å². The van der Waals surface area contributed by atoms with Gasteiger partial charge in [-0.15, -0.1) is 0 Å². The van der Waals surface area contributed by atoms with Gasteiger partial charge in [-0.05, 0) is 13.0 Å². The smallest absolute Gasteiger partial charge is 0.409 e. The topological polar surface area (TPSA) is 32.8 Å². The summed E-state index contributed by atoms with van der Waals surface area (Å²) in [5.41, 5.74) is 0. The zero-order valence-electron chi connectivity index (χ0n) is 9.16. The maximum absolute atomic E-state index is 11.4. The Morgan fingerprint density at radius 3 is 2.36 bits per heavy atom. The molecule has 4 heteroatoms. The summed E-state index contributed by atoms with van der Waals surface area (Å²) in [5, 5.41) is 0. The maximum atomic E-state index is 11.4. The Morgan fingerprint density at radius 2 is 1.86 bits per heavy atom. The van der Waals surface area contributed by atoms with Crippen LogP contribution in [0.2, 0.25) is 0 Å². The fourth-order valence-electron chi connectivity index (χ4n) is 1.53. The average Bonchev–Trinajstić information content (AvgIpc) is 2.26. The Bertz CT molecular complexity index is 177. The number of rotatable bonds is 3. The van der Waals surface area contributed by atoms with Gasteiger partial charge in [0, 0.05) is 26.2 Å². The van der Waals surface area contributed by atoms with Crippen molar-refractivity contribution in [1.82, 2.24) is 9.80 Å². The van der Waals surface area contributed by atoms with Gasteiger partial charge < -0.3 is 14.5 Å². The second kappa shape index (κ2) is 5.86. The molecule has 0 bridgehead atoms. The molecular formula is C10H20N2O2. The first kappa shape index (κ1) is 11.3. The lowest BCUT2D eigenvalue weighted by Gasteiger charge is -2.33. The summed E-state index contributed by atoms with van der Waals surface area (Å²) in [7, 11) is 0. The average molecular weight is 200 g/mol. The zero-order chi connectivity index (χ0) is 10.4. The predicted octanol–water partition coefficient (Wildman–Crippen LogP) is 1.17. The lowest BCUT2D eigenvalue weighted by Crippen LogP contribution is -2.48. The van der Waals surface area contributed by atoms with Gasteiger partial charge in [-0.2, -0.15) is 0 Å². The summed E-state index contributed by atoms with van der Waals surface area (Å²) >= 11 is 0. The molecule has 14 heavy (non-hydrogen) atoms. The first-order chi connectivity index (χ1) is 6.77. The molecular weight excluding hydrogens is 180 g/mol. The normalized spacial score (nSPS) is 18.3. The minimum Gasteiger partial charge on any atom is -0.449 e. The van der Waals surface area contributed by atoms with Crippen LogP contribution in [0.5, 0.6) is 0 Å². The van der Waals surface area contributed by atoms with Crippen molar-refractivity contribution >= 4 is 6.09 Å². The molecule has 1 rings (SSSR count). The number of carbonyl (C=O) groups is 1. The molecule has 0 aromatic rings. The van der Waals surface area contributed by atoms with E-state index in [1.54, 1.807) is 4.90 Å². The first-order valence-corrected chi connectivity index (χ1v) is 5.42. The van der Waals surface area contributed by atoms with E-state index in [1.165, 1.54) is 0 Å². The molecule has 1 fully saturated rings. The minimum absolute atomic E-state index is 0.150.